The summed E-state index contributed by atoms with van der Waals surface area (Å²) in [5.41, 5.74) is 1.83. The normalized spacial score (nSPS) is 10.6. The molecule has 3 rings (SSSR count). The predicted molar refractivity (Wildman–Crippen MR) is 89.7 cm³/mol. The van der Waals surface area contributed by atoms with Crippen molar-refractivity contribution >= 4 is 23.0 Å². The van der Waals surface area contributed by atoms with E-state index in [0.29, 0.717) is 17.6 Å². The highest BCUT2D eigenvalue weighted by Crippen LogP contribution is 2.11. The van der Waals surface area contributed by atoms with Crippen LogP contribution in [0.25, 0.3) is 11.1 Å². The van der Waals surface area contributed by atoms with Crippen molar-refractivity contribution in [3.05, 3.63) is 70.7 Å². The molecule has 0 aliphatic heterocycles. The second kappa shape index (κ2) is 7.48. The topological polar surface area (TPSA) is 90.5 Å². The van der Waals surface area contributed by atoms with Gasteiger partial charge >= 0.3 is 11.7 Å². The molecule has 0 radical (unpaired) electrons. The molecule has 128 valence electrons. The number of ether oxygens (including phenoxy) is 1. The number of amides is 1. The monoisotopic (exact) mass is 340 g/mol. The van der Waals surface area contributed by atoms with E-state index in [9.17, 15) is 14.4 Å². The molecule has 1 aromatic heterocycles. The second-order valence-electron chi connectivity index (χ2n) is 5.34. The van der Waals surface area contributed by atoms with Gasteiger partial charge in [-0.2, -0.15) is 0 Å². The molecule has 1 amide bonds. The van der Waals surface area contributed by atoms with Gasteiger partial charge in [0, 0.05) is 6.54 Å². The summed E-state index contributed by atoms with van der Waals surface area (Å²) in [5, 5.41) is 2.65. The fraction of sp³-hybridized carbons (Fsp3) is 0.167. The molecule has 1 N–H and O–H groups in total. The van der Waals surface area contributed by atoms with Crippen LogP contribution in [0.15, 0.2) is 63.8 Å². The van der Waals surface area contributed by atoms with Crippen molar-refractivity contribution in [2.45, 2.75) is 13.1 Å². The molecule has 7 nitrogen and oxygen atoms in total. The van der Waals surface area contributed by atoms with Crippen LogP contribution in [0.3, 0.4) is 0 Å². The van der Waals surface area contributed by atoms with Gasteiger partial charge in [-0.25, -0.2) is 4.79 Å². The molecule has 25 heavy (non-hydrogen) atoms. The van der Waals surface area contributed by atoms with E-state index in [1.807, 2.05) is 30.3 Å². The van der Waals surface area contributed by atoms with Crippen molar-refractivity contribution in [1.82, 2.24) is 9.88 Å². The van der Waals surface area contributed by atoms with Crippen LogP contribution in [0, 0.1) is 0 Å². The van der Waals surface area contributed by atoms with Crippen LogP contribution in [0.4, 0.5) is 0 Å². The number of oxazole rings is 1. The third-order valence-electron chi connectivity index (χ3n) is 3.56. The number of carbonyl (C=O) groups is 2. The van der Waals surface area contributed by atoms with E-state index in [4.69, 9.17) is 9.15 Å². The number of rotatable bonds is 6. The minimum Gasteiger partial charge on any atom is -0.454 e. The highest BCUT2D eigenvalue weighted by Gasteiger charge is 2.14. The zero-order valence-electron chi connectivity index (χ0n) is 13.3. The average molecular weight is 340 g/mol. The molecule has 1 heterocycles. The van der Waals surface area contributed by atoms with Crippen molar-refractivity contribution in [2.75, 3.05) is 6.61 Å². The zero-order chi connectivity index (χ0) is 17.6. The SMILES string of the molecule is O=C(COC(=O)Cn1c(=O)oc2ccccc21)NCc1ccccc1. The van der Waals surface area contributed by atoms with E-state index >= 15 is 0 Å². The van der Waals surface area contributed by atoms with Gasteiger partial charge in [0.2, 0.25) is 0 Å². The molecule has 7 heteroatoms. The fourth-order valence-electron chi connectivity index (χ4n) is 2.33. The standard InChI is InChI=1S/C18H16N2O5/c21-16(19-10-13-6-2-1-3-7-13)12-24-17(22)11-20-14-8-4-5-9-15(14)25-18(20)23/h1-9H,10-12H2,(H,19,21). The van der Waals surface area contributed by atoms with E-state index in [-0.39, 0.29) is 6.54 Å². The minimum atomic E-state index is -0.691. The van der Waals surface area contributed by atoms with Gasteiger partial charge in [-0.15, -0.1) is 0 Å². The summed E-state index contributed by atoms with van der Waals surface area (Å²) in [6, 6.07) is 16.1. The lowest BCUT2D eigenvalue weighted by Crippen LogP contribution is -2.30. The second-order valence-corrected chi connectivity index (χ2v) is 5.34. The lowest BCUT2D eigenvalue weighted by molar-refractivity contribution is -0.149. The number of para-hydroxylation sites is 2. The lowest BCUT2D eigenvalue weighted by atomic mass is 10.2. The van der Waals surface area contributed by atoms with Crippen molar-refractivity contribution in [3.8, 4) is 0 Å². The van der Waals surface area contributed by atoms with Crippen LogP contribution in [0.1, 0.15) is 5.56 Å². The van der Waals surface area contributed by atoms with Gasteiger partial charge in [-0.05, 0) is 17.7 Å². The van der Waals surface area contributed by atoms with Gasteiger partial charge < -0.3 is 14.5 Å². The van der Waals surface area contributed by atoms with Crippen molar-refractivity contribution < 1.29 is 18.7 Å². The van der Waals surface area contributed by atoms with Crippen LogP contribution in [0.2, 0.25) is 0 Å². The quantitative estimate of drug-likeness (QED) is 0.686. The summed E-state index contributed by atoms with van der Waals surface area (Å²) in [4.78, 5) is 35.4. The van der Waals surface area contributed by atoms with Gasteiger partial charge in [-0.1, -0.05) is 42.5 Å². The molecule has 0 aliphatic rings. The number of nitrogens with zero attached hydrogens (tertiary/aromatic N) is 1. The molecule has 0 bridgehead atoms. The van der Waals surface area contributed by atoms with Gasteiger partial charge in [0.25, 0.3) is 5.91 Å². The predicted octanol–water partition coefficient (Wildman–Crippen LogP) is 1.45. The van der Waals surface area contributed by atoms with Crippen LogP contribution in [0.5, 0.6) is 0 Å². The van der Waals surface area contributed by atoms with Gasteiger partial charge in [0.15, 0.2) is 12.2 Å². The Kier molecular flexibility index (Phi) is 4.94. The summed E-state index contributed by atoms with van der Waals surface area (Å²) in [7, 11) is 0. The maximum Gasteiger partial charge on any atom is 0.420 e. The molecule has 0 saturated heterocycles. The van der Waals surface area contributed by atoms with E-state index in [1.54, 1.807) is 24.3 Å². The first kappa shape index (κ1) is 16.5. The highest BCUT2D eigenvalue weighted by molar-refractivity contribution is 5.81. The largest absolute Gasteiger partial charge is 0.454 e. The third-order valence-corrected chi connectivity index (χ3v) is 3.56. The van der Waals surface area contributed by atoms with Crippen LogP contribution in [-0.2, 0) is 27.4 Å². The number of nitrogens with one attached hydrogen (secondary N) is 1. The van der Waals surface area contributed by atoms with E-state index < -0.39 is 24.2 Å². The Hall–Kier alpha value is -3.35. The molecular formula is C18H16N2O5. The Morgan fingerprint density at radius 3 is 2.56 bits per heavy atom. The third kappa shape index (κ3) is 4.14. The molecule has 2 aromatic carbocycles. The Morgan fingerprint density at radius 2 is 1.76 bits per heavy atom. The Bertz CT molecular complexity index is 943. The van der Waals surface area contributed by atoms with E-state index in [0.717, 1.165) is 5.56 Å². The smallest absolute Gasteiger partial charge is 0.420 e. The summed E-state index contributed by atoms with van der Waals surface area (Å²) < 4.78 is 11.1. The van der Waals surface area contributed by atoms with Gasteiger partial charge in [-0.3, -0.25) is 14.2 Å². The van der Waals surface area contributed by atoms with Crippen LogP contribution >= 0.6 is 0 Å². The summed E-state index contributed by atoms with van der Waals surface area (Å²) >= 11 is 0. The van der Waals surface area contributed by atoms with E-state index in [1.165, 1.54) is 4.57 Å². The van der Waals surface area contributed by atoms with E-state index in [2.05, 4.69) is 5.32 Å². The number of benzene rings is 2. The fourth-order valence-corrected chi connectivity index (χ4v) is 2.33. The number of esters is 1. The summed E-state index contributed by atoms with van der Waals surface area (Å²) in [6.45, 7) is -0.374. The van der Waals surface area contributed by atoms with Crippen LogP contribution in [-0.4, -0.2) is 23.1 Å². The average Bonchev–Trinajstić information content (AvgIpc) is 2.94. The Labute approximate surface area is 142 Å². The maximum absolute atomic E-state index is 11.9. The number of fused-ring (bicyclic) bond motifs is 1. The number of hydrogen-bond donors (Lipinski definition) is 1. The number of carbonyl (C=O) groups excluding carboxylic acids is 2. The van der Waals surface area contributed by atoms with Crippen molar-refractivity contribution in [2.24, 2.45) is 0 Å². The first-order valence-electron chi connectivity index (χ1n) is 7.68. The first-order chi connectivity index (χ1) is 12.1. The number of hydrogen-bond acceptors (Lipinski definition) is 5. The maximum atomic E-state index is 11.9. The molecule has 0 aliphatic carbocycles. The molecule has 0 saturated carbocycles. The summed E-state index contributed by atoms with van der Waals surface area (Å²) in [6.07, 6.45) is 0. The molecule has 0 spiro atoms. The first-order valence-corrected chi connectivity index (χ1v) is 7.68. The van der Waals surface area contributed by atoms with Crippen molar-refractivity contribution in [3.63, 3.8) is 0 Å². The Morgan fingerprint density at radius 1 is 1.04 bits per heavy atom. The highest BCUT2D eigenvalue weighted by atomic mass is 16.5. The minimum absolute atomic E-state index is 0.318. The molecule has 0 fully saturated rings. The molecule has 0 unspecified atom stereocenters. The van der Waals surface area contributed by atoms with Gasteiger partial charge in [0.05, 0.1) is 5.52 Å². The van der Waals surface area contributed by atoms with Crippen LogP contribution < -0.4 is 11.1 Å². The zero-order valence-corrected chi connectivity index (χ0v) is 13.3. The molecule has 3 aromatic rings. The summed E-state index contributed by atoms with van der Waals surface area (Å²) in [5.74, 6) is -1.75. The number of aromatic nitrogens is 1. The molecule has 0 atom stereocenters. The van der Waals surface area contributed by atoms with Crippen molar-refractivity contribution in [1.29, 1.82) is 0 Å². The molecular weight excluding hydrogens is 324 g/mol. The lowest BCUT2D eigenvalue weighted by Gasteiger charge is -2.07. The Balaban J connectivity index is 1.51. The van der Waals surface area contributed by atoms with Gasteiger partial charge in [0.1, 0.15) is 6.54 Å².